The molecule has 0 unspecified atom stereocenters. The lowest BCUT2D eigenvalue weighted by Gasteiger charge is -2.31. The standard InChI is InChI=1S/C28H32N4/c1-21(2)32-27-11-7-6-10-26(27)30-28(32)20-31-16-14-24(15-17-31)25-13-12-23(19-29-25)18-22-8-4-3-5-9-22/h3-13,19,21,24H,14-18,20H2,1-2H3. The second kappa shape index (κ2) is 9.25. The van der Waals surface area contributed by atoms with Crippen LogP contribution in [-0.4, -0.2) is 32.5 Å². The van der Waals surface area contributed by atoms with Gasteiger partial charge in [0.15, 0.2) is 0 Å². The van der Waals surface area contributed by atoms with Gasteiger partial charge >= 0.3 is 0 Å². The van der Waals surface area contributed by atoms with E-state index in [-0.39, 0.29) is 0 Å². The molecule has 0 amide bonds. The Hall–Kier alpha value is -2.98. The van der Waals surface area contributed by atoms with E-state index in [1.165, 1.54) is 28.2 Å². The van der Waals surface area contributed by atoms with Crippen molar-refractivity contribution in [3.63, 3.8) is 0 Å². The first kappa shape index (κ1) is 20.9. The first-order valence-electron chi connectivity index (χ1n) is 11.8. The third kappa shape index (κ3) is 4.46. The number of nitrogens with zero attached hydrogens (tertiary/aromatic N) is 4. The molecule has 4 aromatic rings. The summed E-state index contributed by atoms with van der Waals surface area (Å²) >= 11 is 0. The molecule has 1 saturated heterocycles. The zero-order valence-electron chi connectivity index (χ0n) is 19.1. The molecule has 4 heteroatoms. The lowest BCUT2D eigenvalue weighted by molar-refractivity contribution is 0.196. The van der Waals surface area contributed by atoms with Gasteiger partial charge in [0.2, 0.25) is 0 Å². The van der Waals surface area contributed by atoms with E-state index in [0.29, 0.717) is 12.0 Å². The van der Waals surface area contributed by atoms with Gasteiger partial charge in [0, 0.05) is 23.9 Å². The van der Waals surface area contributed by atoms with E-state index in [2.05, 4.69) is 96.2 Å². The Labute approximate surface area is 190 Å². The van der Waals surface area contributed by atoms with Crippen LogP contribution in [0.5, 0.6) is 0 Å². The van der Waals surface area contributed by atoms with E-state index in [0.717, 1.165) is 44.4 Å². The summed E-state index contributed by atoms with van der Waals surface area (Å²) in [6.45, 7) is 7.61. The molecular weight excluding hydrogens is 392 g/mol. The zero-order chi connectivity index (χ0) is 21.9. The second-order valence-corrected chi connectivity index (χ2v) is 9.28. The number of rotatable bonds is 6. The Kier molecular flexibility index (Phi) is 6.04. The van der Waals surface area contributed by atoms with Gasteiger partial charge in [-0.15, -0.1) is 0 Å². The summed E-state index contributed by atoms with van der Waals surface area (Å²) in [4.78, 5) is 12.4. The summed E-state index contributed by atoms with van der Waals surface area (Å²) in [5, 5.41) is 0. The van der Waals surface area contributed by atoms with Crippen LogP contribution >= 0.6 is 0 Å². The molecule has 4 nitrogen and oxygen atoms in total. The molecule has 0 aliphatic carbocycles. The van der Waals surface area contributed by atoms with Crippen LogP contribution in [0.3, 0.4) is 0 Å². The molecule has 2 aromatic heterocycles. The van der Waals surface area contributed by atoms with Gasteiger partial charge in [0.05, 0.1) is 17.6 Å². The monoisotopic (exact) mass is 424 g/mol. The molecule has 0 spiro atoms. The van der Waals surface area contributed by atoms with Crippen molar-refractivity contribution in [2.24, 2.45) is 0 Å². The van der Waals surface area contributed by atoms with E-state index in [9.17, 15) is 0 Å². The van der Waals surface area contributed by atoms with E-state index >= 15 is 0 Å². The van der Waals surface area contributed by atoms with E-state index in [1.807, 2.05) is 0 Å². The molecule has 1 aliphatic rings. The van der Waals surface area contributed by atoms with Crippen molar-refractivity contribution >= 4 is 11.0 Å². The van der Waals surface area contributed by atoms with Crippen LogP contribution in [0.1, 0.15) is 61.3 Å². The van der Waals surface area contributed by atoms with Crippen molar-refractivity contribution in [3.8, 4) is 0 Å². The zero-order valence-corrected chi connectivity index (χ0v) is 19.1. The Balaban J connectivity index is 1.21. The van der Waals surface area contributed by atoms with Crippen LogP contribution in [0.4, 0.5) is 0 Å². The number of likely N-dealkylation sites (tertiary alicyclic amines) is 1. The molecule has 2 aromatic carbocycles. The normalized spacial score (nSPS) is 15.6. The summed E-state index contributed by atoms with van der Waals surface area (Å²) in [6, 6.07) is 24.0. The molecule has 1 fully saturated rings. The number of imidazole rings is 1. The van der Waals surface area contributed by atoms with Crippen LogP contribution in [0.15, 0.2) is 72.9 Å². The summed E-state index contributed by atoms with van der Waals surface area (Å²) in [5.41, 5.74) is 6.21. The van der Waals surface area contributed by atoms with Crippen LogP contribution in [0, 0.1) is 0 Å². The highest BCUT2D eigenvalue weighted by molar-refractivity contribution is 5.76. The van der Waals surface area contributed by atoms with Gasteiger partial charge in [-0.05, 0) is 75.5 Å². The first-order chi connectivity index (χ1) is 15.7. The molecular formula is C28H32N4. The van der Waals surface area contributed by atoms with Gasteiger partial charge in [-0.2, -0.15) is 0 Å². The van der Waals surface area contributed by atoms with Gasteiger partial charge in [0.1, 0.15) is 5.82 Å². The molecule has 1 aliphatic heterocycles. The van der Waals surface area contributed by atoms with Crippen LogP contribution < -0.4 is 0 Å². The Morgan fingerprint density at radius 1 is 0.875 bits per heavy atom. The highest BCUT2D eigenvalue weighted by Gasteiger charge is 2.23. The maximum Gasteiger partial charge on any atom is 0.124 e. The topological polar surface area (TPSA) is 34.0 Å². The predicted octanol–water partition coefficient (Wildman–Crippen LogP) is 5.98. The number of fused-ring (bicyclic) bond motifs is 1. The highest BCUT2D eigenvalue weighted by Crippen LogP contribution is 2.29. The minimum absolute atomic E-state index is 0.411. The fourth-order valence-corrected chi connectivity index (χ4v) is 4.98. The van der Waals surface area contributed by atoms with Gasteiger partial charge in [-0.3, -0.25) is 9.88 Å². The van der Waals surface area contributed by atoms with E-state index in [1.54, 1.807) is 0 Å². The molecule has 3 heterocycles. The highest BCUT2D eigenvalue weighted by atomic mass is 15.2. The summed E-state index contributed by atoms with van der Waals surface area (Å²) in [7, 11) is 0. The minimum Gasteiger partial charge on any atom is -0.324 e. The number of piperidine rings is 1. The van der Waals surface area contributed by atoms with Gasteiger partial charge in [0.25, 0.3) is 0 Å². The Bertz CT molecular complexity index is 1150. The maximum atomic E-state index is 4.96. The minimum atomic E-state index is 0.411. The number of hydrogen-bond acceptors (Lipinski definition) is 3. The Morgan fingerprint density at radius 2 is 1.62 bits per heavy atom. The van der Waals surface area contributed by atoms with Gasteiger partial charge < -0.3 is 4.57 Å². The van der Waals surface area contributed by atoms with Crippen molar-refractivity contribution in [2.45, 2.75) is 51.6 Å². The molecule has 0 radical (unpaired) electrons. The largest absolute Gasteiger partial charge is 0.324 e. The van der Waals surface area contributed by atoms with E-state index < -0.39 is 0 Å². The third-order valence-corrected chi connectivity index (χ3v) is 6.65. The number of hydrogen-bond donors (Lipinski definition) is 0. The number of aromatic nitrogens is 3. The van der Waals surface area contributed by atoms with Crippen molar-refractivity contribution in [1.82, 2.24) is 19.4 Å². The quantitative estimate of drug-likeness (QED) is 0.382. The molecule has 164 valence electrons. The van der Waals surface area contributed by atoms with Crippen LogP contribution in [-0.2, 0) is 13.0 Å². The summed E-state index contributed by atoms with van der Waals surface area (Å²) < 4.78 is 2.40. The van der Waals surface area contributed by atoms with Crippen molar-refractivity contribution in [1.29, 1.82) is 0 Å². The molecule has 0 saturated carbocycles. The number of benzene rings is 2. The Morgan fingerprint density at radius 3 is 2.34 bits per heavy atom. The van der Waals surface area contributed by atoms with Crippen LogP contribution in [0.2, 0.25) is 0 Å². The molecule has 5 rings (SSSR count). The SMILES string of the molecule is CC(C)n1c(CN2CCC(c3ccc(Cc4ccccc4)cn3)CC2)nc2ccccc21. The van der Waals surface area contributed by atoms with Gasteiger partial charge in [-0.1, -0.05) is 48.5 Å². The van der Waals surface area contributed by atoms with Crippen molar-refractivity contribution < 1.29 is 0 Å². The fraction of sp³-hybridized carbons (Fsp3) is 0.357. The first-order valence-corrected chi connectivity index (χ1v) is 11.8. The van der Waals surface area contributed by atoms with Crippen molar-refractivity contribution in [2.75, 3.05) is 13.1 Å². The smallest absolute Gasteiger partial charge is 0.124 e. The third-order valence-electron chi connectivity index (χ3n) is 6.65. The second-order valence-electron chi connectivity index (χ2n) is 9.28. The number of para-hydroxylation sites is 2. The van der Waals surface area contributed by atoms with Crippen LogP contribution in [0.25, 0.3) is 11.0 Å². The van der Waals surface area contributed by atoms with Crippen molar-refractivity contribution in [3.05, 3.63) is 95.6 Å². The maximum absolute atomic E-state index is 4.96. The number of pyridine rings is 1. The average molecular weight is 425 g/mol. The molecule has 0 N–H and O–H groups in total. The predicted molar refractivity (Wildman–Crippen MR) is 131 cm³/mol. The molecule has 32 heavy (non-hydrogen) atoms. The fourth-order valence-electron chi connectivity index (χ4n) is 4.98. The molecule has 0 atom stereocenters. The summed E-state index contributed by atoms with van der Waals surface area (Å²) in [5.74, 6) is 1.74. The average Bonchev–Trinajstić information content (AvgIpc) is 3.19. The summed E-state index contributed by atoms with van der Waals surface area (Å²) in [6.07, 6.45) is 5.34. The van der Waals surface area contributed by atoms with E-state index in [4.69, 9.17) is 9.97 Å². The molecule has 0 bridgehead atoms. The van der Waals surface area contributed by atoms with Gasteiger partial charge in [-0.25, -0.2) is 4.98 Å². The lowest BCUT2D eigenvalue weighted by atomic mass is 9.92. The lowest BCUT2D eigenvalue weighted by Crippen LogP contribution is -2.33.